The number of benzene rings is 1. The number of esters is 1. The lowest BCUT2D eigenvalue weighted by molar-refractivity contribution is -0.149. The van der Waals surface area contributed by atoms with Gasteiger partial charge in [-0.2, -0.15) is 0 Å². The molecule has 3 rings (SSSR count). The topological polar surface area (TPSA) is 42.0 Å². The molecule has 0 N–H and O–H groups in total. The number of anilines is 1. The first kappa shape index (κ1) is 19.0. The Bertz CT molecular complexity index is 590. The Kier molecular flexibility index (Phi) is 6.07. The van der Waals surface area contributed by atoms with Crippen molar-refractivity contribution in [1.82, 2.24) is 4.90 Å². The monoisotopic (exact) mass is 360 g/mol. The number of cyclic esters (lactones) is 1. The van der Waals surface area contributed by atoms with Crippen LogP contribution in [0.1, 0.15) is 39.5 Å². The molecule has 1 aromatic carbocycles. The van der Waals surface area contributed by atoms with Crippen LogP contribution in [0.5, 0.6) is 5.75 Å². The van der Waals surface area contributed by atoms with E-state index in [4.69, 9.17) is 9.47 Å². The Hall–Kier alpha value is -1.75. The number of rotatable bonds is 7. The molecule has 0 amide bonds. The van der Waals surface area contributed by atoms with Crippen LogP contribution in [0.25, 0.3) is 0 Å². The van der Waals surface area contributed by atoms with Gasteiger partial charge in [-0.05, 0) is 43.5 Å². The molecule has 0 spiro atoms. The Balaban J connectivity index is 1.44. The van der Waals surface area contributed by atoms with Gasteiger partial charge in [0, 0.05) is 44.8 Å². The highest BCUT2D eigenvalue weighted by molar-refractivity contribution is 5.78. The average Bonchev–Trinajstić information content (AvgIpc) is 3.03. The van der Waals surface area contributed by atoms with Gasteiger partial charge in [0.25, 0.3) is 0 Å². The number of carbonyl (C=O) groups is 1. The summed E-state index contributed by atoms with van der Waals surface area (Å²) in [7, 11) is 1.69. The molecule has 0 aliphatic carbocycles. The maximum absolute atomic E-state index is 12.2. The van der Waals surface area contributed by atoms with E-state index in [1.54, 1.807) is 7.11 Å². The molecule has 2 aliphatic rings. The third-order valence-corrected chi connectivity index (χ3v) is 6.26. The van der Waals surface area contributed by atoms with Crippen molar-refractivity contribution >= 4 is 11.7 Å². The molecule has 0 aromatic heterocycles. The van der Waals surface area contributed by atoms with Crippen LogP contribution in [0, 0.1) is 5.41 Å². The van der Waals surface area contributed by atoms with E-state index in [0.717, 1.165) is 64.2 Å². The van der Waals surface area contributed by atoms with Gasteiger partial charge in [0.2, 0.25) is 0 Å². The van der Waals surface area contributed by atoms with Crippen molar-refractivity contribution in [2.45, 2.75) is 45.6 Å². The highest BCUT2D eigenvalue weighted by Gasteiger charge is 2.46. The second kappa shape index (κ2) is 8.30. The lowest BCUT2D eigenvalue weighted by Gasteiger charge is -2.36. The summed E-state index contributed by atoms with van der Waals surface area (Å²) in [4.78, 5) is 17.1. The Labute approximate surface area is 157 Å². The summed E-state index contributed by atoms with van der Waals surface area (Å²) < 4.78 is 10.9. The fraction of sp³-hybridized carbons (Fsp3) is 0.667. The number of hydrogen-bond donors (Lipinski definition) is 0. The van der Waals surface area contributed by atoms with Gasteiger partial charge in [0.05, 0.1) is 12.5 Å². The third kappa shape index (κ3) is 3.98. The van der Waals surface area contributed by atoms with E-state index >= 15 is 0 Å². The van der Waals surface area contributed by atoms with Gasteiger partial charge in [-0.3, -0.25) is 9.69 Å². The first-order valence-corrected chi connectivity index (χ1v) is 9.92. The molecule has 144 valence electrons. The van der Waals surface area contributed by atoms with Crippen molar-refractivity contribution in [2.75, 3.05) is 44.7 Å². The second-order valence-electron chi connectivity index (χ2n) is 7.53. The van der Waals surface area contributed by atoms with Crippen LogP contribution in [0.15, 0.2) is 24.3 Å². The molecule has 2 aliphatic heterocycles. The molecule has 5 heteroatoms. The van der Waals surface area contributed by atoms with Crippen molar-refractivity contribution in [2.24, 2.45) is 5.41 Å². The quantitative estimate of drug-likeness (QED) is 0.698. The van der Waals surface area contributed by atoms with Crippen molar-refractivity contribution < 1.29 is 14.3 Å². The standard InChI is InChI=1S/C21H32N2O3/c1-4-21(5-2)16-19(26-20(21)24)10-11-22-12-14-23(15-13-22)17-6-8-18(25-3)9-7-17/h6-9,19H,4-5,10-16H2,1-3H3/t19-/m0/s1. The molecule has 5 nitrogen and oxygen atoms in total. The fourth-order valence-electron chi connectivity index (χ4n) is 4.17. The summed E-state index contributed by atoms with van der Waals surface area (Å²) in [6, 6.07) is 8.29. The molecule has 2 heterocycles. The number of hydrogen-bond acceptors (Lipinski definition) is 5. The minimum absolute atomic E-state index is 0.0248. The van der Waals surface area contributed by atoms with Gasteiger partial charge in [-0.25, -0.2) is 0 Å². The summed E-state index contributed by atoms with van der Waals surface area (Å²) in [5.41, 5.74) is 1.03. The van der Waals surface area contributed by atoms with Crippen molar-refractivity contribution in [1.29, 1.82) is 0 Å². The van der Waals surface area contributed by atoms with E-state index < -0.39 is 0 Å². The third-order valence-electron chi connectivity index (χ3n) is 6.26. The molecule has 1 atom stereocenters. The van der Waals surface area contributed by atoms with Crippen molar-refractivity contribution in [3.8, 4) is 5.75 Å². The molecule has 2 fully saturated rings. The first-order chi connectivity index (χ1) is 12.6. The second-order valence-corrected chi connectivity index (χ2v) is 7.53. The Morgan fingerprint density at radius 1 is 1.12 bits per heavy atom. The molecule has 0 saturated carbocycles. The number of methoxy groups -OCH3 is 1. The average molecular weight is 360 g/mol. The highest BCUT2D eigenvalue weighted by atomic mass is 16.6. The van der Waals surface area contributed by atoms with Gasteiger partial charge in [0.1, 0.15) is 11.9 Å². The molecule has 2 saturated heterocycles. The maximum atomic E-state index is 12.2. The van der Waals surface area contributed by atoms with Crippen LogP contribution in [0.2, 0.25) is 0 Å². The largest absolute Gasteiger partial charge is 0.497 e. The molecular formula is C21H32N2O3. The van der Waals surface area contributed by atoms with Crippen LogP contribution in [-0.2, 0) is 9.53 Å². The van der Waals surface area contributed by atoms with Crippen LogP contribution >= 0.6 is 0 Å². The summed E-state index contributed by atoms with van der Waals surface area (Å²) >= 11 is 0. The lowest BCUT2D eigenvalue weighted by atomic mass is 9.79. The highest BCUT2D eigenvalue weighted by Crippen LogP contribution is 2.41. The number of nitrogens with zero attached hydrogens (tertiary/aromatic N) is 2. The lowest BCUT2D eigenvalue weighted by Crippen LogP contribution is -2.47. The van der Waals surface area contributed by atoms with Crippen LogP contribution in [0.3, 0.4) is 0 Å². The predicted molar refractivity (Wildman–Crippen MR) is 104 cm³/mol. The first-order valence-electron chi connectivity index (χ1n) is 9.92. The predicted octanol–water partition coefficient (Wildman–Crippen LogP) is 3.33. The molecule has 0 unspecified atom stereocenters. The zero-order valence-corrected chi connectivity index (χ0v) is 16.4. The zero-order valence-electron chi connectivity index (χ0n) is 16.4. The minimum Gasteiger partial charge on any atom is -0.497 e. The van der Waals surface area contributed by atoms with E-state index in [1.165, 1.54) is 5.69 Å². The number of carbonyl (C=O) groups excluding carboxylic acids is 1. The molecule has 0 radical (unpaired) electrons. The SMILES string of the molecule is CCC1(CC)C[C@H](CCN2CCN(c3ccc(OC)cc3)CC2)OC1=O. The summed E-state index contributed by atoms with van der Waals surface area (Å²) in [6.07, 6.45) is 3.72. The fourth-order valence-corrected chi connectivity index (χ4v) is 4.17. The normalized spacial score (nSPS) is 23.1. The van der Waals surface area contributed by atoms with E-state index in [1.807, 2.05) is 12.1 Å². The van der Waals surface area contributed by atoms with Gasteiger partial charge in [-0.15, -0.1) is 0 Å². The molecule has 1 aromatic rings. The Morgan fingerprint density at radius 2 is 1.77 bits per heavy atom. The van der Waals surface area contributed by atoms with Gasteiger partial charge in [0.15, 0.2) is 0 Å². The van der Waals surface area contributed by atoms with E-state index in [0.29, 0.717) is 0 Å². The molecular weight excluding hydrogens is 328 g/mol. The Morgan fingerprint density at radius 3 is 2.31 bits per heavy atom. The van der Waals surface area contributed by atoms with Crippen LogP contribution in [0.4, 0.5) is 5.69 Å². The molecule has 0 bridgehead atoms. The number of ether oxygens (including phenoxy) is 2. The van der Waals surface area contributed by atoms with Gasteiger partial charge >= 0.3 is 5.97 Å². The van der Waals surface area contributed by atoms with Gasteiger partial charge in [-0.1, -0.05) is 13.8 Å². The number of piperazine rings is 1. The van der Waals surface area contributed by atoms with E-state index in [9.17, 15) is 4.79 Å². The van der Waals surface area contributed by atoms with Crippen molar-refractivity contribution in [3.63, 3.8) is 0 Å². The van der Waals surface area contributed by atoms with Crippen LogP contribution in [-0.4, -0.2) is 56.8 Å². The van der Waals surface area contributed by atoms with E-state index in [-0.39, 0.29) is 17.5 Å². The van der Waals surface area contributed by atoms with Gasteiger partial charge < -0.3 is 14.4 Å². The van der Waals surface area contributed by atoms with Crippen molar-refractivity contribution in [3.05, 3.63) is 24.3 Å². The maximum Gasteiger partial charge on any atom is 0.312 e. The summed E-state index contributed by atoms with van der Waals surface area (Å²) in [6.45, 7) is 9.39. The minimum atomic E-state index is -0.224. The van der Waals surface area contributed by atoms with E-state index in [2.05, 4.69) is 35.8 Å². The summed E-state index contributed by atoms with van der Waals surface area (Å²) in [5, 5.41) is 0. The zero-order chi connectivity index (χ0) is 18.6. The summed E-state index contributed by atoms with van der Waals surface area (Å²) in [5.74, 6) is 0.922. The van der Waals surface area contributed by atoms with Crippen LogP contribution < -0.4 is 9.64 Å². The molecule has 26 heavy (non-hydrogen) atoms. The smallest absolute Gasteiger partial charge is 0.312 e.